The molecule has 0 aliphatic rings. The van der Waals surface area contributed by atoms with Gasteiger partial charge >= 0.3 is 0 Å². The van der Waals surface area contributed by atoms with Crippen LogP contribution >= 0.6 is 15.9 Å². The highest BCUT2D eigenvalue weighted by atomic mass is 79.9. The molecular formula is C14H20BrNO. The van der Waals surface area contributed by atoms with Gasteiger partial charge in [-0.25, -0.2) is 0 Å². The van der Waals surface area contributed by atoms with E-state index in [2.05, 4.69) is 35.1 Å². The zero-order valence-corrected chi connectivity index (χ0v) is 12.0. The Morgan fingerprint density at radius 2 is 2.00 bits per heavy atom. The molecule has 2 atom stereocenters. The minimum atomic E-state index is -0.0414. The Bertz CT molecular complexity index is 339. The number of carbonyl (C=O) groups excluding carboxylic acids is 1. The fraction of sp³-hybridized carbons (Fsp3) is 0.500. The van der Waals surface area contributed by atoms with Crippen LogP contribution in [0.4, 0.5) is 0 Å². The van der Waals surface area contributed by atoms with Crippen LogP contribution in [0.25, 0.3) is 0 Å². The smallest absolute Gasteiger partial charge is 0.227 e. The SMILES string of the molecule is CCC(C)C(C(=O)NCCBr)c1ccccc1. The summed E-state index contributed by atoms with van der Waals surface area (Å²) in [4.78, 5) is 12.2. The van der Waals surface area contributed by atoms with Crippen molar-refractivity contribution >= 4 is 21.8 Å². The zero-order valence-electron chi connectivity index (χ0n) is 10.4. The van der Waals surface area contributed by atoms with E-state index in [0.29, 0.717) is 12.5 Å². The van der Waals surface area contributed by atoms with Gasteiger partial charge in [-0.3, -0.25) is 4.79 Å². The Morgan fingerprint density at radius 1 is 1.35 bits per heavy atom. The maximum atomic E-state index is 12.2. The molecule has 17 heavy (non-hydrogen) atoms. The average molecular weight is 298 g/mol. The van der Waals surface area contributed by atoms with E-state index >= 15 is 0 Å². The molecule has 0 aliphatic heterocycles. The van der Waals surface area contributed by atoms with Crippen molar-refractivity contribution in [3.05, 3.63) is 35.9 Å². The Hall–Kier alpha value is -0.830. The first-order valence-electron chi connectivity index (χ1n) is 6.09. The highest BCUT2D eigenvalue weighted by molar-refractivity contribution is 9.09. The Kier molecular flexibility index (Phi) is 6.27. The normalized spacial score (nSPS) is 14.1. The number of rotatable bonds is 6. The lowest BCUT2D eigenvalue weighted by Gasteiger charge is -2.22. The molecule has 94 valence electrons. The van der Waals surface area contributed by atoms with Crippen molar-refractivity contribution < 1.29 is 4.79 Å². The largest absolute Gasteiger partial charge is 0.355 e. The van der Waals surface area contributed by atoms with Gasteiger partial charge in [-0.1, -0.05) is 66.5 Å². The number of hydrogen-bond donors (Lipinski definition) is 1. The fourth-order valence-corrected chi connectivity index (χ4v) is 2.11. The molecule has 1 amide bonds. The summed E-state index contributed by atoms with van der Waals surface area (Å²) in [6.07, 6.45) is 1.00. The van der Waals surface area contributed by atoms with Crippen LogP contribution in [0.1, 0.15) is 31.7 Å². The van der Waals surface area contributed by atoms with Crippen LogP contribution in [0.2, 0.25) is 0 Å². The maximum absolute atomic E-state index is 12.2. The third-order valence-electron chi connectivity index (χ3n) is 3.05. The van der Waals surface area contributed by atoms with Crippen LogP contribution in [0.3, 0.4) is 0 Å². The predicted molar refractivity (Wildman–Crippen MR) is 75.4 cm³/mol. The first-order valence-corrected chi connectivity index (χ1v) is 7.21. The number of halogens is 1. The van der Waals surface area contributed by atoms with Gasteiger partial charge < -0.3 is 5.32 Å². The number of hydrogen-bond acceptors (Lipinski definition) is 1. The van der Waals surface area contributed by atoms with Crippen LogP contribution in [-0.4, -0.2) is 17.8 Å². The summed E-state index contributed by atoms with van der Waals surface area (Å²) in [5.41, 5.74) is 1.11. The van der Waals surface area contributed by atoms with Gasteiger partial charge in [-0.2, -0.15) is 0 Å². The minimum Gasteiger partial charge on any atom is -0.355 e. The molecular weight excluding hydrogens is 278 g/mol. The van der Waals surface area contributed by atoms with Crippen LogP contribution in [0, 0.1) is 5.92 Å². The second kappa shape index (κ2) is 7.49. The van der Waals surface area contributed by atoms with Gasteiger partial charge in [0.1, 0.15) is 0 Å². The van der Waals surface area contributed by atoms with Gasteiger partial charge in [0, 0.05) is 11.9 Å². The van der Waals surface area contributed by atoms with E-state index in [0.717, 1.165) is 17.3 Å². The summed E-state index contributed by atoms with van der Waals surface area (Å²) in [6, 6.07) is 10.0. The second-order valence-electron chi connectivity index (χ2n) is 4.25. The summed E-state index contributed by atoms with van der Waals surface area (Å²) in [7, 11) is 0. The molecule has 0 saturated carbocycles. The highest BCUT2D eigenvalue weighted by Gasteiger charge is 2.25. The molecule has 0 fully saturated rings. The molecule has 0 bridgehead atoms. The minimum absolute atomic E-state index is 0.0414. The second-order valence-corrected chi connectivity index (χ2v) is 5.05. The number of amides is 1. The van der Waals surface area contributed by atoms with E-state index in [-0.39, 0.29) is 11.8 Å². The standard InChI is InChI=1S/C14H20BrNO/c1-3-11(2)13(14(17)16-10-9-15)12-7-5-4-6-8-12/h4-8,11,13H,3,9-10H2,1-2H3,(H,16,17). The molecule has 1 aromatic rings. The molecule has 0 aromatic heterocycles. The molecule has 2 unspecified atom stereocenters. The fourth-order valence-electron chi connectivity index (χ4n) is 1.91. The molecule has 1 N–H and O–H groups in total. The number of benzene rings is 1. The van der Waals surface area contributed by atoms with E-state index in [1.807, 2.05) is 30.3 Å². The summed E-state index contributed by atoms with van der Waals surface area (Å²) in [6.45, 7) is 4.93. The molecule has 0 saturated heterocycles. The molecule has 1 rings (SSSR count). The van der Waals surface area contributed by atoms with Crippen molar-refractivity contribution in [3.63, 3.8) is 0 Å². The monoisotopic (exact) mass is 297 g/mol. The molecule has 0 spiro atoms. The Labute approximate surface area is 112 Å². The zero-order chi connectivity index (χ0) is 12.7. The summed E-state index contributed by atoms with van der Waals surface area (Å²) in [5, 5.41) is 3.75. The predicted octanol–water partition coefficient (Wildman–Crippen LogP) is 3.33. The molecule has 0 radical (unpaired) electrons. The molecule has 2 nitrogen and oxygen atoms in total. The maximum Gasteiger partial charge on any atom is 0.227 e. The van der Waals surface area contributed by atoms with Crippen LogP contribution in [0.5, 0.6) is 0 Å². The lowest BCUT2D eigenvalue weighted by molar-refractivity contribution is -0.123. The third-order valence-corrected chi connectivity index (χ3v) is 3.44. The van der Waals surface area contributed by atoms with E-state index in [9.17, 15) is 4.79 Å². The van der Waals surface area contributed by atoms with E-state index < -0.39 is 0 Å². The van der Waals surface area contributed by atoms with Gasteiger partial charge in [-0.05, 0) is 11.5 Å². The van der Waals surface area contributed by atoms with Crippen molar-refractivity contribution in [1.29, 1.82) is 0 Å². The van der Waals surface area contributed by atoms with Gasteiger partial charge in [0.2, 0.25) is 5.91 Å². The number of carbonyl (C=O) groups is 1. The first kappa shape index (κ1) is 14.2. The van der Waals surface area contributed by atoms with Crippen molar-refractivity contribution in [2.45, 2.75) is 26.2 Å². The lowest BCUT2D eigenvalue weighted by Crippen LogP contribution is -2.33. The van der Waals surface area contributed by atoms with Gasteiger partial charge in [0.15, 0.2) is 0 Å². The summed E-state index contributed by atoms with van der Waals surface area (Å²) >= 11 is 3.32. The van der Waals surface area contributed by atoms with Crippen molar-refractivity contribution in [2.75, 3.05) is 11.9 Å². The number of alkyl halides is 1. The molecule has 0 aliphatic carbocycles. The van der Waals surface area contributed by atoms with Crippen LogP contribution in [-0.2, 0) is 4.79 Å². The first-order chi connectivity index (χ1) is 8.20. The third kappa shape index (κ3) is 4.15. The average Bonchev–Trinajstić information content (AvgIpc) is 2.37. The topological polar surface area (TPSA) is 29.1 Å². The van der Waals surface area contributed by atoms with Crippen molar-refractivity contribution in [3.8, 4) is 0 Å². The molecule has 3 heteroatoms. The van der Waals surface area contributed by atoms with E-state index in [1.54, 1.807) is 0 Å². The molecule has 0 heterocycles. The number of nitrogens with one attached hydrogen (secondary N) is 1. The highest BCUT2D eigenvalue weighted by Crippen LogP contribution is 2.26. The lowest BCUT2D eigenvalue weighted by atomic mass is 9.85. The van der Waals surface area contributed by atoms with Crippen LogP contribution < -0.4 is 5.32 Å². The van der Waals surface area contributed by atoms with Gasteiger partial charge in [0.25, 0.3) is 0 Å². The molecule has 1 aromatic carbocycles. The quantitative estimate of drug-likeness (QED) is 0.802. The van der Waals surface area contributed by atoms with Crippen molar-refractivity contribution in [1.82, 2.24) is 5.32 Å². The van der Waals surface area contributed by atoms with Gasteiger partial charge in [-0.15, -0.1) is 0 Å². The van der Waals surface area contributed by atoms with Crippen LogP contribution in [0.15, 0.2) is 30.3 Å². The summed E-state index contributed by atoms with van der Waals surface area (Å²) < 4.78 is 0. The van der Waals surface area contributed by atoms with Crippen molar-refractivity contribution in [2.24, 2.45) is 5.92 Å². The Balaban J connectivity index is 2.85. The Morgan fingerprint density at radius 3 is 2.53 bits per heavy atom. The van der Waals surface area contributed by atoms with E-state index in [1.165, 1.54) is 0 Å². The van der Waals surface area contributed by atoms with E-state index in [4.69, 9.17) is 0 Å². The van der Waals surface area contributed by atoms with Gasteiger partial charge in [0.05, 0.1) is 5.92 Å². The summed E-state index contributed by atoms with van der Waals surface area (Å²) in [5.74, 6) is 0.443.